The van der Waals surface area contributed by atoms with Crippen LogP contribution in [0, 0.1) is 5.92 Å². The molecule has 0 aromatic carbocycles. The Morgan fingerprint density at radius 2 is 2.11 bits per heavy atom. The molecule has 0 bridgehead atoms. The maximum atomic E-state index is 5.24. The summed E-state index contributed by atoms with van der Waals surface area (Å²) in [5, 5.41) is 0. The molecule has 52 valence electrons. The molecule has 0 aliphatic rings. The van der Waals surface area contributed by atoms with Crippen LogP contribution in [-0.4, -0.2) is 33.1 Å². The first-order valence-corrected chi connectivity index (χ1v) is 3.94. The Hall–Kier alpha value is 1.01. The minimum Gasteiger partial charge on any atom is -0.385 e. The van der Waals surface area contributed by atoms with E-state index in [0.29, 0.717) is 10.2 Å². The molecule has 0 radical (unpaired) electrons. The van der Waals surface area contributed by atoms with Crippen molar-refractivity contribution in [1.82, 2.24) is 0 Å². The monoisotopic (exact) mass is 175 g/mol. The topological polar surface area (TPSA) is 26.0 Å². The zero-order valence-electron chi connectivity index (χ0n) is 5.18. The van der Waals surface area contributed by atoms with Gasteiger partial charge in [-0.15, -0.1) is 0 Å². The number of rotatable bonds is 2. The lowest BCUT2D eigenvalue weighted by molar-refractivity contribution is 0.752. The molecule has 2 N–H and O–H groups in total. The third kappa shape index (κ3) is 12.3. The van der Waals surface area contributed by atoms with Crippen molar-refractivity contribution in [1.29, 1.82) is 0 Å². The van der Waals surface area contributed by atoms with Crippen LogP contribution in [0.15, 0.2) is 0 Å². The summed E-state index contributed by atoms with van der Waals surface area (Å²) in [5.41, 5.74) is 5.24. The number of thioether (sulfide) groups is 1. The highest BCUT2D eigenvalue weighted by atomic mass is 32.2. The first-order chi connectivity index (χ1) is 3.63. The Labute approximate surface area is 82.3 Å². The van der Waals surface area contributed by atoms with E-state index in [0.717, 1.165) is 5.75 Å². The molecule has 0 amide bonds. The number of hydrogen-bond acceptors (Lipinski definition) is 2. The molecule has 0 aromatic heterocycles. The molecule has 0 aliphatic carbocycles. The second-order valence-electron chi connectivity index (χ2n) is 2.02. The van der Waals surface area contributed by atoms with Gasteiger partial charge < -0.3 is 5.73 Å². The van der Waals surface area contributed by atoms with Gasteiger partial charge in [-0.2, -0.15) is 0 Å². The second-order valence-corrected chi connectivity index (χ2v) is 3.78. The Morgan fingerprint density at radius 1 is 1.67 bits per heavy atom. The Morgan fingerprint density at radius 3 is 2.22 bits per heavy atom. The highest BCUT2D eigenvalue weighted by molar-refractivity contribution is 8.22. The zero-order chi connectivity index (χ0) is 6.57. The van der Waals surface area contributed by atoms with Crippen molar-refractivity contribution < 1.29 is 0 Å². The predicted octanol–water partition coefficient (Wildman–Crippen LogP) is 0.703. The number of nitrogens with two attached hydrogens (primary N) is 1. The largest absolute Gasteiger partial charge is 0.385 e. The first kappa shape index (κ1) is 12.7. The number of hydrogen-bond donors (Lipinski definition) is 1. The minimum atomic E-state index is 0. The lowest BCUT2D eigenvalue weighted by atomic mass is 10.3. The fourth-order valence-electron chi connectivity index (χ4n) is 0.249. The van der Waals surface area contributed by atoms with E-state index < -0.39 is 0 Å². The predicted molar refractivity (Wildman–Crippen MR) is 52.6 cm³/mol. The second kappa shape index (κ2) is 7.12. The molecule has 0 saturated heterocycles. The van der Waals surface area contributed by atoms with Crippen molar-refractivity contribution >= 4 is 51.4 Å². The average Bonchev–Trinajstić information content (AvgIpc) is 1.61. The van der Waals surface area contributed by atoms with Gasteiger partial charge >= 0.3 is 23.1 Å². The number of thiocarbonyl (C=S) groups is 1. The SMILES string of the molecule is CC(C)CSC(N)=S.[MgH2]. The Kier molecular flexibility index (Phi) is 10.0. The molecule has 0 spiro atoms. The van der Waals surface area contributed by atoms with Crippen LogP contribution in [0.25, 0.3) is 0 Å². The average molecular weight is 176 g/mol. The Bertz CT molecular complexity index is 85.0. The van der Waals surface area contributed by atoms with Gasteiger partial charge in [0, 0.05) is 5.75 Å². The van der Waals surface area contributed by atoms with Gasteiger partial charge in [-0.25, -0.2) is 0 Å². The molecule has 0 aromatic rings. The maximum Gasteiger partial charge on any atom is 0.316 e. The molecule has 0 atom stereocenters. The van der Waals surface area contributed by atoms with Gasteiger partial charge in [0.05, 0.1) is 0 Å². The smallest absolute Gasteiger partial charge is 0.316 e. The highest BCUT2D eigenvalue weighted by Crippen LogP contribution is 2.05. The molecular formula is C5H13MgNS2. The summed E-state index contributed by atoms with van der Waals surface area (Å²) in [6, 6.07) is 0. The van der Waals surface area contributed by atoms with E-state index in [2.05, 4.69) is 26.1 Å². The van der Waals surface area contributed by atoms with Crippen molar-refractivity contribution in [3.8, 4) is 0 Å². The first-order valence-electron chi connectivity index (χ1n) is 2.55. The molecule has 1 nitrogen and oxygen atoms in total. The molecule has 0 rings (SSSR count). The van der Waals surface area contributed by atoms with Gasteiger partial charge in [0.1, 0.15) is 4.32 Å². The van der Waals surface area contributed by atoms with Crippen molar-refractivity contribution in [3.05, 3.63) is 0 Å². The summed E-state index contributed by atoms with van der Waals surface area (Å²) in [7, 11) is 0. The van der Waals surface area contributed by atoms with Crippen molar-refractivity contribution in [2.24, 2.45) is 11.7 Å². The van der Waals surface area contributed by atoms with Gasteiger partial charge in [-0.05, 0) is 5.92 Å². The van der Waals surface area contributed by atoms with E-state index in [-0.39, 0.29) is 23.1 Å². The van der Waals surface area contributed by atoms with E-state index in [1.54, 1.807) is 11.8 Å². The molecule has 0 unspecified atom stereocenters. The van der Waals surface area contributed by atoms with E-state index in [9.17, 15) is 0 Å². The summed E-state index contributed by atoms with van der Waals surface area (Å²) in [6.07, 6.45) is 0. The zero-order valence-corrected chi connectivity index (χ0v) is 6.81. The fourth-order valence-corrected chi connectivity index (χ4v) is 0.951. The van der Waals surface area contributed by atoms with Gasteiger partial charge in [0.2, 0.25) is 0 Å². The molecule has 9 heavy (non-hydrogen) atoms. The molecule has 0 heterocycles. The van der Waals surface area contributed by atoms with E-state index in [4.69, 9.17) is 5.73 Å². The fraction of sp³-hybridized carbons (Fsp3) is 0.800. The van der Waals surface area contributed by atoms with E-state index >= 15 is 0 Å². The lowest BCUT2D eigenvalue weighted by Gasteiger charge is -1.99. The van der Waals surface area contributed by atoms with Gasteiger partial charge in [-0.1, -0.05) is 37.8 Å². The van der Waals surface area contributed by atoms with Crippen LogP contribution in [0.1, 0.15) is 13.8 Å². The van der Waals surface area contributed by atoms with Crippen LogP contribution in [0.3, 0.4) is 0 Å². The van der Waals surface area contributed by atoms with Crippen LogP contribution in [-0.2, 0) is 0 Å². The van der Waals surface area contributed by atoms with Gasteiger partial charge in [-0.3, -0.25) is 0 Å². The third-order valence-electron chi connectivity index (χ3n) is 0.559. The van der Waals surface area contributed by atoms with Crippen LogP contribution in [0.4, 0.5) is 0 Å². The summed E-state index contributed by atoms with van der Waals surface area (Å²) >= 11 is 6.20. The highest BCUT2D eigenvalue weighted by Gasteiger charge is 1.93. The standard InChI is InChI=1S/C5H11NS2.Mg.2H/c1-4(2)3-8-5(6)7;;;/h4H,3H2,1-2H3,(H2,6,7);;;. The van der Waals surface area contributed by atoms with Crippen LogP contribution >= 0.6 is 24.0 Å². The van der Waals surface area contributed by atoms with Crippen LogP contribution in [0.2, 0.25) is 0 Å². The normalized spacial score (nSPS) is 8.78. The van der Waals surface area contributed by atoms with Crippen molar-refractivity contribution in [2.45, 2.75) is 13.8 Å². The van der Waals surface area contributed by atoms with Gasteiger partial charge in [0.15, 0.2) is 0 Å². The third-order valence-corrected chi connectivity index (χ3v) is 2.03. The molecular weight excluding hydrogens is 163 g/mol. The van der Waals surface area contributed by atoms with Crippen LogP contribution in [0.5, 0.6) is 0 Å². The maximum absolute atomic E-state index is 5.24. The molecule has 0 aliphatic heterocycles. The van der Waals surface area contributed by atoms with Crippen molar-refractivity contribution in [2.75, 3.05) is 5.75 Å². The van der Waals surface area contributed by atoms with E-state index in [1.165, 1.54) is 0 Å². The van der Waals surface area contributed by atoms with E-state index in [1.807, 2.05) is 0 Å². The molecule has 0 saturated carbocycles. The summed E-state index contributed by atoms with van der Waals surface area (Å²) in [5.74, 6) is 1.72. The quantitative estimate of drug-likeness (QED) is 0.495. The molecule has 4 heteroatoms. The summed E-state index contributed by atoms with van der Waals surface area (Å²) in [4.78, 5) is 0. The summed E-state index contributed by atoms with van der Waals surface area (Å²) < 4.78 is 0.554. The van der Waals surface area contributed by atoms with Gasteiger partial charge in [0.25, 0.3) is 0 Å². The lowest BCUT2D eigenvalue weighted by Crippen LogP contribution is -2.04. The summed E-state index contributed by atoms with van der Waals surface area (Å²) in [6.45, 7) is 4.29. The van der Waals surface area contributed by atoms with Crippen molar-refractivity contribution in [3.63, 3.8) is 0 Å². The van der Waals surface area contributed by atoms with Crippen LogP contribution < -0.4 is 5.73 Å². The Balaban J connectivity index is 0. The molecule has 0 fully saturated rings. The minimum absolute atomic E-state index is 0.